The lowest BCUT2D eigenvalue weighted by molar-refractivity contribution is 0.0709. The van der Waals surface area contributed by atoms with Crippen LogP contribution in [0.3, 0.4) is 0 Å². The molecule has 1 aliphatic rings. The molecule has 1 N–H and O–H groups in total. The molecule has 102 valence electrons. The minimum absolute atomic E-state index is 0.126. The van der Waals surface area contributed by atoms with Crippen molar-refractivity contribution < 1.29 is 4.79 Å². The van der Waals surface area contributed by atoms with E-state index in [9.17, 15) is 4.79 Å². The number of nitrogens with one attached hydrogen (secondary N) is 1. The Kier molecular flexibility index (Phi) is 4.72. The summed E-state index contributed by atoms with van der Waals surface area (Å²) in [6.07, 6.45) is 3.83. The Balaban J connectivity index is 1.90. The number of benzene rings is 1. The van der Waals surface area contributed by atoms with Crippen molar-refractivity contribution in [2.75, 3.05) is 13.1 Å². The molecule has 0 aromatic heterocycles. The summed E-state index contributed by atoms with van der Waals surface area (Å²) in [6.45, 7) is 3.68. The van der Waals surface area contributed by atoms with E-state index in [1.54, 1.807) is 0 Å². The molecule has 19 heavy (non-hydrogen) atoms. The third-order valence-electron chi connectivity index (χ3n) is 3.82. The van der Waals surface area contributed by atoms with Gasteiger partial charge in [-0.05, 0) is 37.3 Å². The minimum atomic E-state index is 0.126. The van der Waals surface area contributed by atoms with Crippen LogP contribution in [0.1, 0.15) is 43.0 Å². The fraction of sp³-hybridized carbons (Fsp3) is 0.500. The zero-order valence-corrected chi connectivity index (χ0v) is 11.6. The maximum atomic E-state index is 12.3. The van der Waals surface area contributed by atoms with E-state index < -0.39 is 0 Å². The summed E-state index contributed by atoms with van der Waals surface area (Å²) in [4.78, 5) is 14.2. The van der Waals surface area contributed by atoms with Gasteiger partial charge in [0.15, 0.2) is 0 Å². The predicted molar refractivity (Wildman–Crippen MR) is 77.7 cm³/mol. The molecule has 0 unspecified atom stereocenters. The van der Waals surface area contributed by atoms with Crippen molar-refractivity contribution >= 4 is 11.6 Å². The Bertz CT molecular complexity index is 433. The molecule has 1 aromatic rings. The second-order valence-electron chi connectivity index (χ2n) is 5.21. The lowest BCUT2D eigenvalue weighted by Crippen LogP contribution is -2.40. The van der Waals surface area contributed by atoms with Crippen molar-refractivity contribution in [2.24, 2.45) is 5.92 Å². The van der Waals surface area contributed by atoms with Crippen molar-refractivity contribution in [3.63, 3.8) is 0 Å². The van der Waals surface area contributed by atoms with E-state index in [0.717, 1.165) is 50.0 Å². The van der Waals surface area contributed by atoms with Crippen LogP contribution in [0.4, 0.5) is 0 Å². The highest BCUT2D eigenvalue weighted by Gasteiger charge is 2.25. The molecule has 0 radical (unpaired) electrons. The molecular formula is C16H22N2O. The molecule has 0 atom stereocenters. The Morgan fingerprint density at radius 3 is 2.47 bits per heavy atom. The Morgan fingerprint density at radius 2 is 1.89 bits per heavy atom. The smallest absolute Gasteiger partial charge is 0.253 e. The molecule has 0 bridgehead atoms. The first-order chi connectivity index (χ1) is 9.22. The number of carbonyl (C=O) groups is 1. The number of nitrogens with zero attached hydrogens (tertiary/aromatic N) is 1. The van der Waals surface area contributed by atoms with Crippen LogP contribution < -0.4 is 0 Å². The molecule has 0 aliphatic carbocycles. The van der Waals surface area contributed by atoms with Crippen LogP contribution in [0.5, 0.6) is 0 Å². The number of rotatable bonds is 4. The molecule has 1 aliphatic heterocycles. The van der Waals surface area contributed by atoms with Gasteiger partial charge in [-0.3, -0.25) is 4.79 Å². The largest absolute Gasteiger partial charge is 0.339 e. The number of amides is 1. The number of hydrogen-bond donors (Lipinski definition) is 1. The monoisotopic (exact) mass is 258 g/mol. The van der Waals surface area contributed by atoms with Gasteiger partial charge in [-0.25, -0.2) is 0 Å². The van der Waals surface area contributed by atoms with Crippen LogP contribution in [0.15, 0.2) is 30.3 Å². The summed E-state index contributed by atoms with van der Waals surface area (Å²) >= 11 is 0. The predicted octanol–water partition coefficient (Wildman–Crippen LogP) is 3.36. The Morgan fingerprint density at radius 1 is 1.26 bits per heavy atom. The summed E-state index contributed by atoms with van der Waals surface area (Å²) in [5.74, 6) is 0.515. The normalized spacial score (nSPS) is 16.4. The van der Waals surface area contributed by atoms with E-state index in [1.165, 1.54) is 0 Å². The van der Waals surface area contributed by atoms with E-state index in [0.29, 0.717) is 5.92 Å². The lowest BCUT2D eigenvalue weighted by Gasteiger charge is -2.32. The molecule has 1 heterocycles. The summed E-state index contributed by atoms with van der Waals surface area (Å²) in [7, 11) is 0. The van der Waals surface area contributed by atoms with Crippen LogP contribution in [0.2, 0.25) is 0 Å². The quantitative estimate of drug-likeness (QED) is 0.827. The Labute approximate surface area is 115 Å². The molecule has 1 amide bonds. The molecular weight excluding hydrogens is 236 g/mol. The minimum Gasteiger partial charge on any atom is -0.339 e. The first-order valence-electron chi connectivity index (χ1n) is 7.14. The third-order valence-corrected chi connectivity index (χ3v) is 3.82. The average molecular weight is 258 g/mol. The topological polar surface area (TPSA) is 44.2 Å². The molecule has 1 aromatic carbocycles. The van der Waals surface area contributed by atoms with Gasteiger partial charge < -0.3 is 10.3 Å². The van der Waals surface area contributed by atoms with Gasteiger partial charge in [-0.1, -0.05) is 31.5 Å². The summed E-state index contributed by atoms with van der Waals surface area (Å²) in [5.41, 5.74) is 1.64. The molecule has 1 saturated heterocycles. The maximum absolute atomic E-state index is 12.3. The highest BCUT2D eigenvalue weighted by atomic mass is 16.2. The van der Waals surface area contributed by atoms with Gasteiger partial charge in [0, 0.05) is 24.4 Å². The fourth-order valence-corrected chi connectivity index (χ4v) is 2.67. The van der Waals surface area contributed by atoms with Crippen molar-refractivity contribution in [1.29, 1.82) is 5.41 Å². The van der Waals surface area contributed by atoms with E-state index in [4.69, 9.17) is 5.41 Å². The Hall–Kier alpha value is -1.64. The maximum Gasteiger partial charge on any atom is 0.253 e. The highest BCUT2D eigenvalue weighted by molar-refractivity contribution is 5.94. The number of piperidine rings is 1. The zero-order valence-electron chi connectivity index (χ0n) is 11.6. The van der Waals surface area contributed by atoms with Crippen molar-refractivity contribution in [2.45, 2.75) is 32.6 Å². The fourth-order valence-electron chi connectivity index (χ4n) is 2.67. The van der Waals surface area contributed by atoms with E-state index in [2.05, 4.69) is 6.92 Å². The zero-order chi connectivity index (χ0) is 13.7. The standard InChI is InChI=1S/C16H22N2O/c1-2-6-15(17)13-9-11-18(12-10-13)16(19)14-7-4-3-5-8-14/h3-5,7-8,13,17H,2,6,9-12H2,1H3. The van der Waals surface area contributed by atoms with Gasteiger partial charge in [0.2, 0.25) is 0 Å². The van der Waals surface area contributed by atoms with Gasteiger partial charge in [0.05, 0.1) is 0 Å². The highest BCUT2D eigenvalue weighted by Crippen LogP contribution is 2.21. The van der Waals surface area contributed by atoms with Crippen LogP contribution in [0, 0.1) is 11.3 Å². The van der Waals surface area contributed by atoms with Gasteiger partial charge in [-0.15, -0.1) is 0 Å². The molecule has 3 nitrogen and oxygen atoms in total. The molecule has 0 spiro atoms. The van der Waals surface area contributed by atoms with Crippen LogP contribution in [0.25, 0.3) is 0 Å². The molecule has 3 heteroatoms. The van der Waals surface area contributed by atoms with Crippen LogP contribution in [-0.4, -0.2) is 29.6 Å². The third kappa shape index (κ3) is 3.43. The second kappa shape index (κ2) is 6.50. The SMILES string of the molecule is CCCC(=N)C1CCN(C(=O)c2ccccc2)CC1. The second-order valence-corrected chi connectivity index (χ2v) is 5.21. The van der Waals surface area contributed by atoms with Gasteiger partial charge in [0.1, 0.15) is 0 Å². The van der Waals surface area contributed by atoms with Crippen LogP contribution >= 0.6 is 0 Å². The van der Waals surface area contributed by atoms with Crippen molar-refractivity contribution in [3.05, 3.63) is 35.9 Å². The number of carbonyl (C=O) groups excluding carboxylic acids is 1. The van der Waals surface area contributed by atoms with Crippen molar-refractivity contribution in [1.82, 2.24) is 4.90 Å². The van der Waals surface area contributed by atoms with Crippen molar-refractivity contribution in [3.8, 4) is 0 Å². The molecule has 1 fully saturated rings. The van der Waals surface area contributed by atoms with Crippen LogP contribution in [-0.2, 0) is 0 Å². The summed E-state index contributed by atoms with van der Waals surface area (Å²) in [5, 5.41) is 8.02. The average Bonchev–Trinajstić information content (AvgIpc) is 2.48. The van der Waals surface area contributed by atoms with E-state index in [-0.39, 0.29) is 5.91 Å². The lowest BCUT2D eigenvalue weighted by atomic mass is 9.89. The van der Waals surface area contributed by atoms with E-state index in [1.807, 2.05) is 35.2 Å². The van der Waals surface area contributed by atoms with Gasteiger partial charge >= 0.3 is 0 Å². The molecule has 2 rings (SSSR count). The first-order valence-corrected chi connectivity index (χ1v) is 7.14. The van der Waals surface area contributed by atoms with Gasteiger partial charge in [0.25, 0.3) is 5.91 Å². The van der Waals surface area contributed by atoms with Gasteiger partial charge in [-0.2, -0.15) is 0 Å². The van der Waals surface area contributed by atoms with E-state index >= 15 is 0 Å². The summed E-state index contributed by atoms with van der Waals surface area (Å²) < 4.78 is 0. The summed E-state index contributed by atoms with van der Waals surface area (Å²) in [6, 6.07) is 9.46. The number of likely N-dealkylation sites (tertiary alicyclic amines) is 1. The first kappa shape index (κ1) is 13.8. The molecule has 0 saturated carbocycles. The number of hydrogen-bond acceptors (Lipinski definition) is 2.